The third-order valence-corrected chi connectivity index (χ3v) is 6.34. The molecule has 2 amide bonds. The number of hydrogen-bond acceptors (Lipinski definition) is 4. The molecular formula is C20H21N3O4S. The van der Waals surface area contributed by atoms with Crippen LogP contribution in [0, 0.1) is 0 Å². The first-order valence-electron chi connectivity index (χ1n) is 9.13. The molecule has 1 atom stereocenters. The average molecular weight is 399 g/mol. The van der Waals surface area contributed by atoms with E-state index in [2.05, 4.69) is 5.32 Å². The van der Waals surface area contributed by atoms with Crippen molar-refractivity contribution < 1.29 is 18.0 Å². The smallest absolute Gasteiger partial charge is 0.247 e. The lowest BCUT2D eigenvalue weighted by atomic mass is 10.1. The second-order valence-electron chi connectivity index (χ2n) is 7.07. The van der Waals surface area contributed by atoms with Crippen molar-refractivity contribution >= 4 is 38.9 Å². The van der Waals surface area contributed by atoms with Gasteiger partial charge in [0.25, 0.3) is 0 Å². The molecule has 8 heteroatoms. The molecule has 2 aromatic carbocycles. The molecule has 1 N–H and O–H groups in total. The maximum Gasteiger partial charge on any atom is 0.247 e. The van der Waals surface area contributed by atoms with Crippen molar-refractivity contribution in [1.82, 2.24) is 0 Å². The van der Waals surface area contributed by atoms with Gasteiger partial charge in [-0.3, -0.25) is 18.8 Å². The van der Waals surface area contributed by atoms with Gasteiger partial charge in [-0.2, -0.15) is 0 Å². The van der Waals surface area contributed by atoms with Gasteiger partial charge < -0.3 is 5.32 Å². The third-order valence-electron chi connectivity index (χ3n) is 5.16. The number of carbonyl (C=O) groups is 2. The first kappa shape index (κ1) is 18.5. The molecule has 1 saturated heterocycles. The molecule has 146 valence electrons. The maximum atomic E-state index is 12.9. The standard InChI is InChI=1S/C20H21N3O4S/c1-28(26,27)22-12-11-14-7-8-15(13-18(14)22)21-20(25)17-9-10-19(24)23(17)16-5-3-2-4-6-16/h2-8,13,17H,9-12H2,1H3,(H,21,25). The second kappa shape index (κ2) is 6.94. The summed E-state index contributed by atoms with van der Waals surface area (Å²) in [5.74, 6) is -0.359. The number of anilines is 3. The summed E-state index contributed by atoms with van der Waals surface area (Å²) >= 11 is 0. The van der Waals surface area contributed by atoms with E-state index in [9.17, 15) is 18.0 Å². The molecule has 0 aromatic heterocycles. The summed E-state index contributed by atoms with van der Waals surface area (Å²) in [6.45, 7) is 0.407. The van der Waals surface area contributed by atoms with E-state index in [0.29, 0.717) is 42.9 Å². The molecule has 7 nitrogen and oxygen atoms in total. The predicted octanol–water partition coefficient (Wildman–Crippen LogP) is 2.14. The molecule has 2 aromatic rings. The molecule has 1 fully saturated rings. The summed E-state index contributed by atoms with van der Waals surface area (Å²) < 4.78 is 25.3. The van der Waals surface area contributed by atoms with E-state index in [1.165, 1.54) is 15.5 Å². The van der Waals surface area contributed by atoms with E-state index in [0.717, 1.165) is 5.56 Å². The van der Waals surface area contributed by atoms with Crippen LogP contribution in [0.1, 0.15) is 18.4 Å². The Bertz CT molecular complexity index is 1040. The van der Waals surface area contributed by atoms with Crippen LogP contribution in [-0.2, 0) is 26.0 Å². The Morgan fingerprint density at radius 3 is 2.57 bits per heavy atom. The molecule has 2 heterocycles. The lowest BCUT2D eigenvalue weighted by molar-refractivity contribution is -0.120. The summed E-state index contributed by atoms with van der Waals surface area (Å²) in [6.07, 6.45) is 2.59. The van der Waals surface area contributed by atoms with Gasteiger partial charge in [0.05, 0.1) is 11.9 Å². The minimum Gasteiger partial charge on any atom is -0.324 e. The lowest BCUT2D eigenvalue weighted by Crippen LogP contribution is -2.41. The maximum absolute atomic E-state index is 12.9. The van der Waals surface area contributed by atoms with Gasteiger partial charge in [0.15, 0.2) is 0 Å². The van der Waals surface area contributed by atoms with Gasteiger partial charge in [0.2, 0.25) is 21.8 Å². The van der Waals surface area contributed by atoms with Crippen molar-refractivity contribution in [2.24, 2.45) is 0 Å². The molecule has 0 saturated carbocycles. The van der Waals surface area contributed by atoms with Crippen LogP contribution in [0.2, 0.25) is 0 Å². The van der Waals surface area contributed by atoms with Crippen molar-refractivity contribution in [3.8, 4) is 0 Å². The van der Waals surface area contributed by atoms with E-state index < -0.39 is 16.1 Å². The Morgan fingerprint density at radius 1 is 1.11 bits per heavy atom. The fourth-order valence-corrected chi connectivity index (χ4v) is 4.79. The Balaban J connectivity index is 1.57. The van der Waals surface area contributed by atoms with Crippen LogP contribution >= 0.6 is 0 Å². The number of rotatable bonds is 4. The zero-order valence-corrected chi connectivity index (χ0v) is 16.3. The molecular weight excluding hydrogens is 378 g/mol. The number of benzene rings is 2. The summed E-state index contributed by atoms with van der Waals surface area (Å²) in [5, 5.41) is 2.85. The highest BCUT2D eigenvalue weighted by molar-refractivity contribution is 7.92. The van der Waals surface area contributed by atoms with E-state index >= 15 is 0 Å². The Hall–Kier alpha value is -2.87. The predicted molar refractivity (Wildman–Crippen MR) is 108 cm³/mol. The number of para-hydroxylation sites is 1. The molecule has 28 heavy (non-hydrogen) atoms. The third kappa shape index (κ3) is 3.35. The molecule has 2 aliphatic heterocycles. The number of hydrogen-bond donors (Lipinski definition) is 1. The van der Waals surface area contributed by atoms with Crippen molar-refractivity contribution in [2.45, 2.75) is 25.3 Å². The van der Waals surface area contributed by atoms with Crippen molar-refractivity contribution in [3.63, 3.8) is 0 Å². The van der Waals surface area contributed by atoms with Crippen LogP contribution in [-0.4, -0.2) is 39.1 Å². The molecule has 0 radical (unpaired) electrons. The summed E-state index contributed by atoms with van der Waals surface area (Å²) in [7, 11) is -3.36. The van der Waals surface area contributed by atoms with Gasteiger partial charge in [-0.25, -0.2) is 8.42 Å². The fraction of sp³-hybridized carbons (Fsp3) is 0.300. The first-order chi connectivity index (χ1) is 13.3. The number of carbonyl (C=O) groups excluding carboxylic acids is 2. The number of amides is 2. The van der Waals surface area contributed by atoms with E-state index in [-0.39, 0.29) is 11.8 Å². The van der Waals surface area contributed by atoms with E-state index in [1.807, 2.05) is 36.4 Å². The minimum absolute atomic E-state index is 0.0800. The van der Waals surface area contributed by atoms with E-state index in [1.54, 1.807) is 12.1 Å². The van der Waals surface area contributed by atoms with Crippen LogP contribution < -0.4 is 14.5 Å². The minimum atomic E-state index is -3.36. The first-order valence-corrected chi connectivity index (χ1v) is 11.0. The molecule has 0 aliphatic carbocycles. The molecule has 4 rings (SSSR count). The van der Waals surface area contributed by atoms with Gasteiger partial charge in [-0.05, 0) is 42.7 Å². The topological polar surface area (TPSA) is 86.8 Å². The van der Waals surface area contributed by atoms with Crippen molar-refractivity contribution in [3.05, 3.63) is 54.1 Å². The summed E-state index contributed by atoms with van der Waals surface area (Å²) in [4.78, 5) is 26.7. The normalized spacial score (nSPS) is 19.0. The number of nitrogens with one attached hydrogen (secondary N) is 1. The largest absolute Gasteiger partial charge is 0.324 e. The zero-order chi connectivity index (χ0) is 19.9. The van der Waals surface area contributed by atoms with Crippen LogP contribution in [0.5, 0.6) is 0 Å². The fourth-order valence-electron chi connectivity index (χ4n) is 3.84. The SMILES string of the molecule is CS(=O)(=O)N1CCc2ccc(NC(=O)C3CCC(=O)N3c3ccccc3)cc21. The monoisotopic (exact) mass is 399 g/mol. The number of fused-ring (bicyclic) bond motifs is 1. The van der Waals surface area contributed by atoms with Crippen LogP contribution in [0.4, 0.5) is 17.1 Å². The van der Waals surface area contributed by atoms with Crippen LogP contribution in [0.25, 0.3) is 0 Å². The average Bonchev–Trinajstić information content (AvgIpc) is 3.25. The highest BCUT2D eigenvalue weighted by atomic mass is 32.2. The molecule has 0 spiro atoms. The van der Waals surface area contributed by atoms with Gasteiger partial charge >= 0.3 is 0 Å². The highest BCUT2D eigenvalue weighted by Crippen LogP contribution is 2.33. The van der Waals surface area contributed by atoms with Gasteiger partial charge in [0.1, 0.15) is 6.04 Å². The number of sulfonamides is 1. The van der Waals surface area contributed by atoms with E-state index in [4.69, 9.17) is 0 Å². The highest BCUT2D eigenvalue weighted by Gasteiger charge is 2.37. The van der Waals surface area contributed by atoms with Gasteiger partial charge in [-0.1, -0.05) is 24.3 Å². The Kier molecular flexibility index (Phi) is 4.58. The number of nitrogens with zero attached hydrogens (tertiary/aromatic N) is 2. The quantitative estimate of drug-likeness (QED) is 0.853. The molecule has 1 unspecified atom stereocenters. The molecule has 0 bridgehead atoms. The van der Waals surface area contributed by atoms with Crippen LogP contribution in [0.15, 0.2) is 48.5 Å². The zero-order valence-electron chi connectivity index (χ0n) is 15.5. The second-order valence-corrected chi connectivity index (χ2v) is 8.98. The van der Waals surface area contributed by atoms with Gasteiger partial charge in [0, 0.05) is 24.3 Å². The summed E-state index contributed by atoms with van der Waals surface area (Å²) in [6, 6.07) is 13.8. The Morgan fingerprint density at radius 2 is 1.86 bits per heavy atom. The summed E-state index contributed by atoms with van der Waals surface area (Å²) in [5.41, 5.74) is 2.75. The molecule has 2 aliphatic rings. The van der Waals surface area contributed by atoms with Crippen molar-refractivity contribution in [1.29, 1.82) is 0 Å². The Labute approximate surface area is 164 Å². The lowest BCUT2D eigenvalue weighted by Gasteiger charge is -2.24. The van der Waals surface area contributed by atoms with Gasteiger partial charge in [-0.15, -0.1) is 0 Å². The van der Waals surface area contributed by atoms with Crippen molar-refractivity contribution in [2.75, 3.05) is 27.3 Å². The van der Waals surface area contributed by atoms with Crippen LogP contribution in [0.3, 0.4) is 0 Å².